The van der Waals surface area contributed by atoms with Crippen molar-refractivity contribution >= 4 is 67.2 Å². The zero-order valence-corrected chi connectivity index (χ0v) is 17.7. The van der Waals surface area contributed by atoms with Crippen LogP contribution in [0.3, 0.4) is 0 Å². The fraction of sp³-hybridized carbons (Fsp3) is 0.263. The maximum absolute atomic E-state index is 10.9. The van der Waals surface area contributed by atoms with Crippen molar-refractivity contribution in [2.24, 2.45) is 10.2 Å². The summed E-state index contributed by atoms with van der Waals surface area (Å²) in [4.78, 5) is 17.4. The van der Waals surface area contributed by atoms with Crippen molar-refractivity contribution in [2.75, 3.05) is 24.6 Å². The van der Waals surface area contributed by atoms with Gasteiger partial charge in [0.2, 0.25) is 5.13 Å². The van der Waals surface area contributed by atoms with Crippen molar-refractivity contribution in [3.05, 3.63) is 46.4 Å². The summed E-state index contributed by atoms with van der Waals surface area (Å²) < 4.78 is 5.92. The molecular formula is C19H18Cl2N4O2S. The molecule has 0 aliphatic rings. The number of hydrogen-bond donors (Lipinski definition) is 0. The standard InChI is InChI=1S/C19H18Cl2N4O2S/c1-3-25(8-9-27-12(2)26)14-6-4-13(5-7-14)23-24-19-22-17-10-15(20)16(21)11-18(17)28-19/h4-7,10-11H,3,8-9H2,1-2H3. The normalized spacial score (nSPS) is 11.3. The lowest BCUT2D eigenvalue weighted by molar-refractivity contribution is -0.140. The Morgan fingerprint density at radius 3 is 2.57 bits per heavy atom. The van der Waals surface area contributed by atoms with Gasteiger partial charge in [-0.05, 0) is 43.3 Å². The van der Waals surface area contributed by atoms with E-state index in [0.717, 1.165) is 28.1 Å². The van der Waals surface area contributed by atoms with Crippen LogP contribution in [0.2, 0.25) is 10.0 Å². The molecule has 0 unspecified atom stereocenters. The van der Waals surface area contributed by atoms with E-state index in [4.69, 9.17) is 27.9 Å². The van der Waals surface area contributed by atoms with Crippen LogP contribution in [0.25, 0.3) is 10.2 Å². The molecule has 0 spiro atoms. The SMILES string of the molecule is CCN(CCOC(C)=O)c1ccc(N=Nc2nc3cc(Cl)c(Cl)cc3s2)cc1. The van der Waals surface area contributed by atoms with Crippen molar-refractivity contribution in [3.8, 4) is 0 Å². The lowest BCUT2D eigenvalue weighted by atomic mass is 10.2. The number of azo groups is 1. The van der Waals surface area contributed by atoms with Gasteiger partial charge >= 0.3 is 5.97 Å². The van der Waals surface area contributed by atoms with Gasteiger partial charge in [-0.3, -0.25) is 4.79 Å². The van der Waals surface area contributed by atoms with Crippen molar-refractivity contribution in [1.82, 2.24) is 4.98 Å². The summed E-state index contributed by atoms with van der Waals surface area (Å²) in [5.74, 6) is -0.272. The van der Waals surface area contributed by atoms with Crippen LogP contribution < -0.4 is 4.90 Å². The average Bonchev–Trinajstić information content (AvgIpc) is 3.06. The number of likely N-dealkylation sites (N-methyl/N-ethyl adjacent to an activating group) is 1. The van der Waals surface area contributed by atoms with E-state index in [2.05, 4.69) is 20.1 Å². The van der Waals surface area contributed by atoms with Gasteiger partial charge < -0.3 is 9.64 Å². The third kappa shape index (κ3) is 5.19. The minimum Gasteiger partial charge on any atom is -0.464 e. The first-order valence-electron chi connectivity index (χ1n) is 8.62. The number of anilines is 1. The second kappa shape index (κ2) is 9.32. The molecule has 0 saturated heterocycles. The Morgan fingerprint density at radius 2 is 1.89 bits per heavy atom. The van der Waals surface area contributed by atoms with Crippen LogP contribution in [0.5, 0.6) is 0 Å². The summed E-state index contributed by atoms with van der Waals surface area (Å²) in [6, 6.07) is 11.2. The highest BCUT2D eigenvalue weighted by molar-refractivity contribution is 7.22. The molecule has 0 amide bonds. The van der Waals surface area contributed by atoms with E-state index >= 15 is 0 Å². The first kappa shape index (κ1) is 20.5. The smallest absolute Gasteiger partial charge is 0.302 e. The number of fused-ring (bicyclic) bond motifs is 1. The minimum atomic E-state index is -0.272. The van der Waals surface area contributed by atoms with Crippen molar-refractivity contribution in [3.63, 3.8) is 0 Å². The number of aromatic nitrogens is 1. The van der Waals surface area contributed by atoms with E-state index in [1.807, 2.05) is 31.2 Å². The number of nitrogens with zero attached hydrogens (tertiary/aromatic N) is 4. The largest absolute Gasteiger partial charge is 0.464 e. The van der Waals surface area contributed by atoms with Gasteiger partial charge in [-0.1, -0.05) is 34.5 Å². The highest BCUT2D eigenvalue weighted by atomic mass is 35.5. The molecule has 9 heteroatoms. The first-order chi connectivity index (χ1) is 13.5. The fourth-order valence-electron chi connectivity index (χ4n) is 2.55. The number of thiazole rings is 1. The van der Waals surface area contributed by atoms with Gasteiger partial charge in [0.25, 0.3) is 0 Å². The lowest BCUT2D eigenvalue weighted by Gasteiger charge is -2.22. The number of benzene rings is 2. The number of esters is 1. The van der Waals surface area contributed by atoms with Gasteiger partial charge in [0, 0.05) is 19.2 Å². The van der Waals surface area contributed by atoms with Crippen LogP contribution in [-0.4, -0.2) is 30.6 Å². The second-order valence-electron chi connectivity index (χ2n) is 5.87. The van der Waals surface area contributed by atoms with Gasteiger partial charge in [-0.2, -0.15) is 0 Å². The Kier molecular flexibility index (Phi) is 6.83. The average molecular weight is 437 g/mol. The Labute approximate surface area is 176 Å². The van der Waals surface area contributed by atoms with Crippen LogP contribution in [0.1, 0.15) is 13.8 Å². The minimum absolute atomic E-state index is 0.272. The maximum Gasteiger partial charge on any atom is 0.302 e. The zero-order valence-electron chi connectivity index (χ0n) is 15.4. The van der Waals surface area contributed by atoms with Crippen LogP contribution in [0, 0.1) is 0 Å². The van der Waals surface area contributed by atoms with Crippen molar-refractivity contribution in [2.45, 2.75) is 13.8 Å². The number of carbonyl (C=O) groups is 1. The molecule has 1 aromatic heterocycles. The molecular weight excluding hydrogens is 419 g/mol. The van der Waals surface area contributed by atoms with Gasteiger partial charge in [-0.15, -0.1) is 10.2 Å². The molecule has 6 nitrogen and oxygen atoms in total. The topological polar surface area (TPSA) is 67.2 Å². The van der Waals surface area contributed by atoms with E-state index in [1.165, 1.54) is 18.3 Å². The van der Waals surface area contributed by atoms with E-state index in [-0.39, 0.29) is 5.97 Å². The predicted octanol–water partition coefficient (Wildman–Crippen LogP) is 6.41. The first-order valence-corrected chi connectivity index (χ1v) is 10.2. The van der Waals surface area contributed by atoms with Gasteiger partial charge in [0.15, 0.2) is 0 Å². The molecule has 0 fully saturated rings. The van der Waals surface area contributed by atoms with Crippen LogP contribution in [0.15, 0.2) is 46.6 Å². The molecule has 0 saturated carbocycles. The number of halogens is 2. The summed E-state index contributed by atoms with van der Waals surface area (Å²) in [6.45, 7) is 5.25. The highest BCUT2D eigenvalue weighted by Crippen LogP contribution is 2.34. The molecule has 28 heavy (non-hydrogen) atoms. The molecule has 0 aliphatic heterocycles. The summed E-state index contributed by atoms with van der Waals surface area (Å²) in [5, 5.41) is 9.95. The summed E-state index contributed by atoms with van der Waals surface area (Å²) in [5.41, 5.74) is 2.49. The van der Waals surface area contributed by atoms with Gasteiger partial charge in [-0.25, -0.2) is 4.98 Å². The Hall–Kier alpha value is -2.22. The van der Waals surface area contributed by atoms with Gasteiger partial charge in [0.05, 0.1) is 32.5 Å². The predicted molar refractivity (Wildman–Crippen MR) is 115 cm³/mol. The Morgan fingerprint density at radius 1 is 1.18 bits per heavy atom. The fourth-order valence-corrected chi connectivity index (χ4v) is 3.75. The highest BCUT2D eigenvalue weighted by Gasteiger charge is 2.08. The lowest BCUT2D eigenvalue weighted by Crippen LogP contribution is -2.27. The molecule has 0 bridgehead atoms. The molecule has 0 atom stereocenters. The molecule has 0 aliphatic carbocycles. The van der Waals surface area contributed by atoms with E-state index < -0.39 is 0 Å². The molecule has 0 N–H and O–H groups in total. The zero-order chi connectivity index (χ0) is 20.1. The van der Waals surface area contributed by atoms with Crippen molar-refractivity contribution < 1.29 is 9.53 Å². The quantitative estimate of drug-likeness (QED) is 0.317. The van der Waals surface area contributed by atoms with Crippen LogP contribution in [0.4, 0.5) is 16.5 Å². The number of hydrogen-bond acceptors (Lipinski definition) is 7. The second-order valence-corrected chi connectivity index (χ2v) is 7.69. The van der Waals surface area contributed by atoms with E-state index in [0.29, 0.717) is 28.3 Å². The molecule has 2 aromatic carbocycles. The third-order valence-electron chi connectivity index (χ3n) is 3.93. The van der Waals surface area contributed by atoms with Crippen LogP contribution in [-0.2, 0) is 9.53 Å². The number of ether oxygens (including phenoxy) is 1. The number of rotatable bonds is 7. The van der Waals surface area contributed by atoms with E-state index in [9.17, 15) is 4.79 Å². The summed E-state index contributed by atoms with van der Waals surface area (Å²) in [6.07, 6.45) is 0. The number of carbonyl (C=O) groups excluding carboxylic acids is 1. The Bertz CT molecular complexity index is 966. The van der Waals surface area contributed by atoms with Crippen LogP contribution >= 0.6 is 34.5 Å². The van der Waals surface area contributed by atoms with Gasteiger partial charge in [0.1, 0.15) is 6.61 Å². The summed E-state index contributed by atoms with van der Waals surface area (Å²) in [7, 11) is 0. The Balaban J connectivity index is 1.68. The molecule has 1 heterocycles. The molecule has 3 aromatic rings. The summed E-state index contributed by atoms with van der Waals surface area (Å²) >= 11 is 13.5. The van der Waals surface area contributed by atoms with E-state index in [1.54, 1.807) is 12.1 Å². The molecule has 3 rings (SSSR count). The third-order valence-corrected chi connectivity index (χ3v) is 5.56. The maximum atomic E-state index is 10.9. The molecule has 0 radical (unpaired) electrons. The monoisotopic (exact) mass is 436 g/mol. The molecule has 146 valence electrons. The van der Waals surface area contributed by atoms with Crippen molar-refractivity contribution in [1.29, 1.82) is 0 Å².